The maximum absolute atomic E-state index is 12.5. The van der Waals surface area contributed by atoms with Crippen molar-refractivity contribution in [3.8, 4) is 17.3 Å². The number of carbonyl (C=O) groups excluding carboxylic acids is 1. The van der Waals surface area contributed by atoms with Gasteiger partial charge in [0.25, 0.3) is 0 Å². The van der Waals surface area contributed by atoms with Gasteiger partial charge in [0, 0.05) is 17.3 Å². The van der Waals surface area contributed by atoms with Crippen LogP contribution in [0, 0.1) is 0 Å². The molecule has 1 N–H and O–H groups in total. The number of aromatic nitrogens is 4. The molecular formula is C18H15N5O2S2. The van der Waals surface area contributed by atoms with Gasteiger partial charge in [-0.25, -0.2) is 4.98 Å². The first-order valence-electron chi connectivity index (χ1n) is 8.14. The number of thiazole rings is 1. The SMILES string of the molecule is C[C@H](Sc1nnc(-c2ccco2)n1-c1ccccc1)C(=O)Nc1nccs1. The van der Waals surface area contributed by atoms with Gasteiger partial charge in [-0.2, -0.15) is 0 Å². The average molecular weight is 397 g/mol. The van der Waals surface area contributed by atoms with Crippen molar-refractivity contribution in [2.75, 3.05) is 5.32 Å². The van der Waals surface area contributed by atoms with Gasteiger partial charge in [-0.1, -0.05) is 30.0 Å². The molecule has 0 radical (unpaired) electrons. The summed E-state index contributed by atoms with van der Waals surface area (Å²) in [5.41, 5.74) is 0.893. The number of hydrogen-bond acceptors (Lipinski definition) is 7. The third-order valence-electron chi connectivity index (χ3n) is 3.70. The van der Waals surface area contributed by atoms with Gasteiger partial charge < -0.3 is 9.73 Å². The van der Waals surface area contributed by atoms with Crippen molar-refractivity contribution >= 4 is 34.1 Å². The number of thioether (sulfide) groups is 1. The number of amides is 1. The number of carbonyl (C=O) groups is 1. The standard InChI is InChI=1S/C18H15N5O2S2/c1-12(16(24)20-17-19-9-11-26-17)27-18-22-21-15(14-8-5-10-25-14)23(18)13-6-3-2-4-7-13/h2-12H,1H3,(H,19,20,24)/t12-/m0/s1. The normalized spacial score (nSPS) is 12.0. The molecule has 3 aromatic heterocycles. The van der Waals surface area contributed by atoms with Crippen LogP contribution in [0.3, 0.4) is 0 Å². The third-order valence-corrected chi connectivity index (χ3v) is 5.43. The summed E-state index contributed by atoms with van der Waals surface area (Å²) in [6.07, 6.45) is 3.25. The van der Waals surface area contributed by atoms with Crippen LogP contribution >= 0.6 is 23.1 Å². The van der Waals surface area contributed by atoms with Crippen LogP contribution in [0.15, 0.2) is 69.9 Å². The topological polar surface area (TPSA) is 85.8 Å². The van der Waals surface area contributed by atoms with Crippen molar-refractivity contribution in [1.29, 1.82) is 0 Å². The molecule has 0 aliphatic rings. The molecule has 0 spiro atoms. The Labute approximate surface area is 163 Å². The van der Waals surface area contributed by atoms with Gasteiger partial charge in [0.2, 0.25) is 11.7 Å². The number of benzene rings is 1. The van der Waals surface area contributed by atoms with Crippen LogP contribution in [-0.2, 0) is 4.79 Å². The first-order valence-corrected chi connectivity index (χ1v) is 9.90. The van der Waals surface area contributed by atoms with Crippen LogP contribution < -0.4 is 5.32 Å². The Hall–Kier alpha value is -2.91. The number of hydrogen-bond donors (Lipinski definition) is 1. The molecule has 0 saturated heterocycles. The fraction of sp³-hybridized carbons (Fsp3) is 0.111. The lowest BCUT2D eigenvalue weighted by Crippen LogP contribution is -2.22. The molecule has 27 heavy (non-hydrogen) atoms. The largest absolute Gasteiger partial charge is 0.461 e. The summed E-state index contributed by atoms with van der Waals surface area (Å²) in [6.45, 7) is 1.82. The van der Waals surface area contributed by atoms with Crippen LogP contribution in [-0.4, -0.2) is 30.9 Å². The van der Waals surface area contributed by atoms with E-state index in [1.807, 2.05) is 53.3 Å². The summed E-state index contributed by atoms with van der Waals surface area (Å²) < 4.78 is 7.38. The Balaban J connectivity index is 1.63. The quantitative estimate of drug-likeness (QED) is 0.493. The minimum absolute atomic E-state index is 0.142. The summed E-state index contributed by atoms with van der Waals surface area (Å²) in [4.78, 5) is 16.5. The number of nitrogens with zero attached hydrogens (tertiary/aromatic N) is 4. The van der Waals surface area contributed by atoms with Gasteiger partial charge in [-0.15, -0.1) is 21.5 Å². The van der Waals surface area contributed by atoms with Gasteiger partial charge in [0.05, 0.1) is 11.5 Å². The lowest BCUT2D eigenvalue weighted by Gasteiger charge is -2.12. The molecule has 3 heterocycles. The number of rotatable bonds is 6. The highest BCUT2D eigenvalue weighted by molar-refractivity contribution is 8.00. The molecule has 0 aliphatic carbocycles. The summed E-state index contributed by atoms with van der Waals surface area (Å²) in [5, 5.41) is 14.0. The highest BCUT2D eigenvalue weighted by atomic mass is 32.2. The Bertz CT molecular complexity index is 1010. The molecule has 4 aromatic rings. The van der Waals surface area contributed by atoms with Gasteiger partial charge in [-0.3, -0.25) is 9.36 Å². The predicted molar refractivity (Wildman–Crippen MR) is 105 cm³/mol. The fourth-order valence-electron chi connectivity index (χ4n) is 2.43. The zero-order chi connectivity index (χ0) is 18.6. The molecule has 1 aromatic carbocycles. The van der Waals surface area contributed by atoms with Crippen LogP contribution in [0.1, 0.15) is 6.92 Å². The summed E-state index contributed by atoms with van der Waals surface area (Å²) in [5.74, 6) is 1.05. The molecule has 9 heteroatoms. The van der Waals surface area contributed by atoms with Gasteiger partial charge in [0.1, 0.15) is 0 Å². The zero-order valence-electron chi connectivity index (χ0n) is 14.3. The Morgan fingerprint density at radius 3 is 2.78 bits per heavy atom. The molecule has 1 amide bonds. The number of furan rings is 1. The lowest BCUT2D eigenvalue weighted by atomic mass is 10.3. The highest BCUT2D eigenvalue weighted by Gasteiger charge is 2.23. The van der Waals surface area contributed by atoms with Crippen LogP contribution in [0.25, 0.3) is 17.3 Å². The van der Waals surface area contributed by atoms with Crippen molar-refractivity contribution in [3.05, 3.63) is 60.3 Å². The second-order valence-corrected chi connectivity index (χ2v) is 7.74. The fourth-order valence-corrected chi connectivity index (χ4v) is 3.82. The Kier molecular flexibility index (Phi) is 5.03. The first-order chi connectivity index (χ1) is 13.2. The van der Waals surface area contributed by atoms with E-state index in [0.717, 1.165) is 5.69 Å². The van der Waals surface area contributed by atoms with Crippen LogP contribution in [0.2, 0.25) is 0 Å². The molecule has 0 aliphatic heterocycles. The molecule has 0 unspecified atom stereocenters. The minimum Gasteiger partial charge on any atom is -0.461 e. The van der Waals surface area contributed by atoms with Crippen LogP contribution in [0.5, 0.6) is 0 Å². The third kappa shape index (κ3) is 3.79. The van der Waals surface area contributed by atoms with Gasteiger partial charge in [-0.05, 0) is 31.2 Å². The Morgan fingerprint density at radius 2 is 2.07 bits per heavy atom. The van der Waals surface area contributed by atoms with Crippen molar-refractivity contribution in [2.45, 2.75) is 17.3 Å². The molecule has 136 valence electrons. The molecule has 0 saturated carbocycles. The zero-order valence-corrected chi connectivity index (χ0v) is 15.9. The maximum atomic E-state index is 12.5. The molecule has 0 fully saturated rings. The van der Waals surface area contributed by atoms with E-state index < -0.39 is 0 Å². The molecule has 0 bridgehead atoms. The Morgan fingerprint density at radius 1 is 1.22 bits per heavy atom. The molecule has 4 rings (SSSR count). The van der Waals surface area contributed by atoms with Gasteiger partial charge in [0.15, 0.2) is 16.0 Å². The van der Waals surface area contributed by atoms with E-state index in [9.17, 15) is 4.79 Å². The molecular weight excluding hydrogens is 382 g/mol. The van der Waals surface area contributed by atoms with E-state index in [2.05, 4.69) is 20.5 Å². The monoisotopic (exact) mass is 397 g/mol. The number of nitrogens with one attached hydrogen (secondary N) is 1. The summed E-state index contributed by atoms with van der Waals surface area (Å²) in [7, 11) is 0. The van der Waals surface area contributed by atoms with Gasteiger partial charge >= 0.3 is 0 Å². The maximum Gasteiger partial charge on any atom is 0.239 e. The van der Waals surface area contributed by atoms with E-state index in [0.29, 0.717) is 21.9 Å². The molecule has 1 atom stereocenters. The molecule has 7 nitrogen and oxygen atoms in total. The smallest absolute Gasteiger partial charge is 0.239 e. The van der Waals surface area contributed by atoms with E-state index in [4.69, 9.17) is 4.42 Å². The second-order valence-electron chi connectivity index (χ2n) is 5.54. The lowest BCUT2D eigenvalue weighted by molar-refractivity contribution is -0.115. The van der Waals surface area contributed by atoms with Crippen molar-refractivity contribution in [3.63, 3.8) is 0 Å². The minimum atomic E-state index is -0.384. The van der Waals surface area contributed by atoms with Crippen molar-refractivity contribution < 1.29 is 9.21 Å². The summed E-state index contributed by atoms with van der Waals surface area (Å²) in [6, 6.07) is 13.4. The van der Waals surface area contributed by atoms with E-state index in [-0.39, 0.29) is 11.2 Å². The second kappa shape index (κ2) is 7.77. The van der Waals surface area contributed by atoms with Crippen molar-refractivity contribution in [1.82, 2.24) is 19.7 Å². The van der Waals surface area contributed by atoms with Crippen LogP contribution in [0.4, 0.5) is 5.13 Å². The summed E-state index contributed by atoms with van der Waals surface area (Å²) >= 11 is 2.71. The van der Waals surface area contributed by atoms with E-state index >= 15 is 0 Å². The van der Waals surface area contributed by atoms with Crippen molar-refractivity contribution in [2.24, 2.45) is 0 Å². The average Bonchev–Trinajstić information content (AvgIpc) is 3.44. The predicted octanol–water partition coefficient (Wildman–Crippen LogP) is 4.10. The number of para-hydroxylation sites is 1. The highest BCUT2D eigenvalue weighted by Crippen LogP contribution is 2.30. The van der Waals surface area contributed by atoms with E-state index in [1.54, 1.807) is 18.5 Å². The van der Waals surface area contributed by atoms with E-state index in [1.165, 1.54) is 23.1 Å². The first kappa shape index (κ1) is 17.5. The number of anilines is 1.